The molecule has 300 valence electrons. The molecule has 2 heteroatoms. The summed E-state index contributed by atoms with van der Waals surface area (Å²) in [6, 6.07) is 92.7. The van der Waals surface area contributed by atoms with Crippen LogP contribution in [-0.2, 0) is 0 Å². The van der Waals surface area contributed by atoms with Crippen molar-refractivity contribution in [3.63, 3.8) is 0 Å². The van der Waals surface area contributed by atoms with Gasteiger partial charge in [-0.3, -0.25) is 0 Å². The fourth-order valence-corrected chi connectivity index (χ4v) is 9.94. The second kappa shape index (κ2) is 15.8. The standard InChI is InChI=1S/C62H42N2/c1-5-19-43(20-6-1)47-25-17-28-50(41-47)63(49-37-35-44(36-38-49)52-32-18-34-59-62(52)56-31-15-16-33-58(56)64(59)48-26-11-4-12-27-48)51-39-40-54-53-29-13-14-30-55(53)60(45-21-7-2-8-22-45)61(57(54)42-51)46-23-9-3-10-24-46/h1-42H. The van der Waals surface area contributed by atoms with E-state index in [0.29, 0.717) is 0 Å². The van der Waals surface area contributed by atoms with Gasteiger partial charge in [-0.15, -0.1) is 0 Å². The Morgan fingerprint density at radius 2 is 0.766 bits per heavy atom. The summed E-state index contributed by atoms with van der Waals surface area (Å²) in [6.07, 6.45) is 0. The highest BCUT2D eigenvalue weighted by Gasteiger charge is 2.22. The van der Waals surface area contributed by atoms with Crippen molar-refractivity contribution in [3.8, 4) is 50.2 Å². The van der Waals surface area contributed by atoms with Gasteiger partial charge in [0.25, 0.3) is 0 Å². The summed E-state index contributed by atoms with van der Waals surface area (Å²) in [5.41, 5.74) is 16.4. The normalized spacial score (nSPS) is 11.4. The van der Waals surface area contributed by atoms with Gasteiger partial charge in [-0.1, -0.05) is 194 Å². The minimum atomic E-state index is 1.08. The van der Waals surface area contributed by atoms with Gasteiger partial charge in [-0.05, 0) is 127 Å². The lowest BCUT2D eigenvalue weighted by Gasteiger charge is -2.27. The van der Waals surface area contributed by atoms with Crippen LogP contribution in [-0.4, -0.2) is 4.57 Å². The van der Waals surface area contributed by atoms with E-state index in [9.17, 15) is 0 Å². The number of hydrogen-bond donors (Lipinski definition) is 0. The molecular weight excluding hydrogens is 773 g/mol. The predicted molar refractivity (Wildman–Crippen MR) is 272 cm³/mol. The minimum Gasteiger partial charge on any atom is -0.310 e. The third-order valence-electron chi connectivity index (χ3n) is 12.8. The SMILES string of the molecule is c1ccc(-c2cccc(N(c3ccc(-c4cccc5c4c4ccccc4n5-c4ccccc4)cc3)c3ccc4c(c3)c(-c3ccccc3)c(-c3ccccc3)c3ccccc34)c2)cc1. The third kappa shape index (κ3) is 6.35. The molecule has 0 N–H and O–H groups in total. The zero-order valence-corrected chi connectivity index (χ0v) is 35.1. The first-order valence-corrected chi connectivity index (χ1v) is 22.0. The predicted octanol–water partition coefficient (Wildman–Crippen LogP) is 17.2. The molecule has 0 aliphatic rings. The highest BCUT2D eigenvalue weighted by Crippen LogP contribution is 2.47. The van der Waals surface area contributed by atoms with Gasteiger partial charge in [0.15, 0.2) is 0 Å². The molecule has 64 heavy (non-hydrogen) atoms. The first kappa shape index (κ1) is 37.3. The summed E-state index contributed by atoms with van der Waals surface area (Å²) >= 11 is 0. The highest BCUT2D eigenvalue weighted by molar-refractivity contribution is 6.22. The van der Waals surface area contributed by atoms with Crippen LogP contribution < -0.4 is 4.90 Å². The van der Waals surface area contributed by atoms with E-state index in [2.05, 4.69) is 264 Å². The molecule has 11 aromatic carbocycles. The van der Waals surface area contributed by atoms with E-state index in [4.69, 9.17) is 0 Å². The van der Waals surface area contributed by atoms with Crippen LogP contribution in [0.2, 0.25) is 0 Å². The fraction of sp³-hybridized carbons (Fsp3) is 0. The van der Waals surface area contributed by atoms with Gasteiger partial charge < -0.3 is 9.47 Å². The van der Waals surface area contributed by atoms with Crippen molar-refractivity contribution in [2.24, 2.45) is 0 Å². The van der Waals surface area contributed by atoms with Crippen molar-refractivity contribution in [2.45, 2.75) is 0 Å². The largest absolute Gasteiger partial charge is 0.310 e. The van der Waals surface area contributed by atoms with Crippen LogP contribution >= 0.6 is 0 Å². The molecule has 0 spiro atoms. The van der Waals surface area contributed by atoms with Crippen LogP contribution in [0.15, 0.2) is 255 Å². The van der Waals surface area contributed by atoms with E-state index < -0.39 is 0 Å². The number of benzene rings is 11. The lowest BCUT2D eigenvalue weighted by Crippen LogP contribution is -2.10. The summed E-state index contributed by atoms with van der Waals surface area (Å²) in [6.45, 7) is 0. The molecule has 0 unspecified atom stereocenters. The summed E-state index contributed by atoms with van der Waals surface area (Å²) in [5.74, 6) is 0. The molecule has 0 bridgehead atoms. The Morgan fingerprint density at radius 1 is 0.266 bits per heavy atom. The smallest absolute Gasteiger partial charge is 0.0547 e. The summed E-state index contributed by atoms with van der Waals surface area (Å²) in [5, 5.41) is 7.43. The quantitative estimate of drug-likeness (QED) is 0.139. The highest BCUT2D eigenvalue weighted by atomic mass is 15.1. The van der Waals surface area contributed by atoms with Crippen LogP contribution in [0.3, 0.4) is 0 Å². The second-order valence-electron chi connectivity index (χ2n) is 16.4. The molecular formula is C62H42N2. The third-order valence-corrected chi connectivity index (χ3v) is 12.8. The monoisotopic (exact) mass is 814 g/mol. The molecule has 0 amide bonds. The Morgan fingerprint density at radius 3 is 1.47 bits per heavy atom. The van der Waals surface area contributed by atoms with Gasteiger partial charge in [-0.2, -0.15) is 0 Å². The molecule has 0 saturated carbocycles. The van der Waals surface area contributed by atoms with Crippen LogP contribution in [0.1, 0.15) is 0 Å². The lowest BCUT2D eigenvalue weighted by molar-refractivity contribution is 1.18. The molecule has 0 saturated heterocycles. The molecule has 0 radical (unpaired) electrons. The maximum absolute atomic E-state index is 2.42. The molecule has 0 aliphatic heterocycles. The number of rotatable bonds is 8. The maximum atomic E-state index is 2.42. The first-order chi connectivity index (χ1) is 31.8. The Labute approximate surface area is 373 Å². The zero-order chi connectivity index (χ0) is 42.4. The average Bonchev–Trinajstić information content (AvgIpc) is 3.72. The van der Waals surface area contributed by atoms with Crippen LogP contribution in [0.5, 0.6) is 0 Å². The van der Waals surface area contributed by atoms with Crippen LogP contribution in [0.4, 0.5) is 17.1 Å². The summed E-state index contributed by atoms with van der Waals surface area (Å²) in [4.78, 5) is 2.42. The number of nitrogens with zero attached hydrogens (tertiary/aromatic N) is 2. The number of aromatic nitrogens is 1. The molecule has 1 heterocycles. The topological polar surface area (TPSA) is 8.17 Å². The van der Waals surface area contributed by atoms with E-state index in [1.165, 1.54) is 87.9 Å². The van der Waals surface area contributed by atoms with Crippen molar-refractivity contribution >= 4 is 60.4 Å². The summed E-state index contributed by atoms with van der Waals surface area (Å²) < 4.78 is 2.39. The Bertz CT molecular complexity index is 3630. The van der Waals surface area contributed by atoms with E-state index in [1.54, 1.807) is 0 Å². The molecule has 0 aliphatic carbocycles. The Hall–Kier alpha value is -8.46. The van der Waals surface area contributed by atoms with Crippen molar-refractivity contribution < 1.29 is 0 Å². The van der Waals surface area contributed by atoms with E-state index >= 15 is 0 Å². The molecule has 1 aromatic heterocycles. The molecule has 0 fully saturated rings. The number of para-hydroxylation sites is 2. The molecule has 2 nitrogen and oxygen atoms in total. The van der Waals surface area contributed by atoms with Crippen molar-refractivity contribution in [2.75, 3.05) is 4.90 Å². The van der Waals surface area contributed by atoms with Gasteiger partial charge >= 0.3 is 0 Å². The van der Waals surface area contributed by atoms with Crippen molar-refractivity contribution in [1.29, 1.82) is 0 Å². The van der Waals surface area contributed by atoms with Crippen LogP contribution in [0.25, 0.3) is 93.5 Å². The van der Waals surface area contributed by atoms with Gasteiger partial charge in [0, 0.05) is 33.5 Å². The number of fused-ring (bicyclic) bond motifs is 6. The molecule has 0 atom stereocenters. The number of hydrogen-bond acceptors (Lipinski definition) is 1. The molecule has 12 rings (SSSR count). The van der Waals surface area contributed by atoms with E-state index in [1.807, 2.05) is 0 Å². The van der Waals surface area contributed by atoms with Gasteiger partial charge in [0.1, 0.15) is 0 Å². The minimum absolute atomic E-state index is 1.08. The number of anilines is 3. The second-order valence-corrected chi connectivity index (χ2v) is 16.4. The molecule has 12 aromatic rings. The van der Waals surface area contributed by atoms with Gasteiger partial charge in [0.2, 0.25) is 0 Å². The fourth-order valence-electron chi connectivity index (χ4n) is 9.94. The summed E-state index contributed by atoms with van der Waals surface area (Å²) in [7, 11) is 0. The van der Waals surface area contributed by atoms with Crippen LogP contribution in [0, 0.1) is 0 Å². The Kier molecular flexibility index (Phi) is 9.20. The van der Waals surface area contributed by atoms with Gasteiger partial charge in [-0.25, -0.2) is 0 Å². The lowest BCUT2D eigenvalue weighted by atomic mass is 9.85. The van der Waals surface area contributed by atoms with Crippen molar-refractivity contribution in [1.82, 2.24) is 4.57 Å². The van der Waals surface area contributed by atoms with Crippen molar-refractivity contribution in [3.05, 3.63) is 255 Å². The maximum Gasteiger partial charge on any atom is 0.0547 e. The first-order valence-electron chi connectivity index (χ1n) is 22.0. The zero-order valence-electron chi connectivity index (χ0n) is 35.1. The average molecular weight is 815 g/mol. The van der Waals surface area contributed by atoms with E-state index in [0.717, 1.165) is 22.7 Å². The Balaban J connectivity index is 1.08. The van der Waals surface area contributed by atoms with Gasteiger partial charge in [0.05, 0.1) is 11.0 Å². The van der Waals surface area contributed by atoms with E-state index in [-0.39, 0.29) is 0 Å².